The van der Waals surface area contributed by atoms with Crippen molar-refractivity contribution in [2.75, 3.05) is 12.5 Å². The SMILES string of the molecule is CC1(O)SC(=O)C=C1OCCCCCl. The predicted molar refractivity (Wildman–Crippen MR) is 57.2 cm³/mol. The molecule has 0 spiro atoms. The van der Waals surface area contributed by atoms with Crippen LogP contribution >= 0.6 is 23.4 Å². The smallest absolute Gasteiger partial charge is 0.218 e. The summed E-state index contributed by atoms with van der Waals surface area (Å²) >= 11 is 6.37. The standard InChI is InChI=1S/C9H13ClO3S/c1-9(12)7(6-8(11)14-9)13-5-3-2-4-10/h6,12H,2-5H2,1H3. The van der Waals surface area contributed by atoms with Gasteiger partial charge in [-0.1, -0.05) is 0 Å². The van der Waals surface area contributed by atoms with Crippen molar-refractivity contribution in [1.82, 2.24) is 0 Å². The maximum Gasteiger partial charge on any atom is 0.218 e. The van der Waals surface area contributed by atoms with E-state index in [-0.39, 0.29) is 5.12 Å². The number of ether oxygens (including phenoxy) is 1. The van der Waals surface area contributed by atoms with E-state index in [9.17, 15) is 9.90 Å². The summed E-state index contributed by atoms with van der Waals surface area (Å²) in [5, 5.41) is 9.54. The molecular formula is C9H13ClO3S. The maximum atomic E-state index is 11.0. The van der Waals surface area contributed by atoms with E-state index in [4.69, 9.17) is 16.3 Å². The Bertz CT molecular complexity index is 250. The van der Waals surface area contributed by atoms with Crippen LogP contribution < -0.4 is 0 Å². The number of carbonyl (C=O) groups excluding carboxylic acids is 1. The average Bonchev–Trinajstić information content (AvgIpc) is 2.33. The second-order valence-corrected chi connectivity index (χ2v) is 4.94. The number of hydrogen-bond acceptors (Lipinski definition) is 4. The summed E-state index contributed by atoms with van der Waals surface area (Å²) in [5.41, 5.74) is 0. The third kappa shape index (κ3) is 3.19. The Hall–Kier alpha value is -0.190. The number of hydrogen-bond donors (Lipinski definition) is 1. The number of thioether (sulfide) groups is 1. The summed E-state index contributed by atoms with van der Waals surface area (Å²) in [4.78, 5) is 9.79. The fourth-order valence-electron chi connectivity index (χ4n) is 1.07. The number of rotatable bonds is 5. The molecule has 0 radical (unpaired) electrons. The van der Waals surface area contributed by atoms with Crippen molar-refractivity contribution < 1.29 is 14.6 Å². The zero-order valence-corrected chi connectivity index (χ0v) is 9.53. The molecule has 1 N–H and O–H groups in total. The van der Waals surface area contributed by atoms with Crippen LogP contribution in [0.3, 0.4) is 0 Å². The highest BCUT2D eigenvalue weighted by Crippen LogP contribution is 2.37. The largest absolute Gasteiger partial charge is 0.494 e. The Labute approximate surface area is 92.5 Å². The summed E-state index contributed by atoms with van der Waals surface area (Å²) < 4.78 is 5.30. The third-order valence-corrected chi connectivity index (χ3v) is 2.98. The van der Waals surface area contributed by atoms with Crippen LogP contribution in [0.2, 0.25) is 0 Å². The second kappa shape index (κ2) is 5.05. The van der Waals surface area contributed by atoms with E-state index in [1.54, 1.807) is 6.92 Å². The molecule has 0 bridgehead atoms. The molecule has 5 heteroatoms. The zero-order chi connectivity index (χ0) is 10.6. The molecule has 0 aliphatic carbocycles. The molecule has 14 heavy (non-hydrogen) atoms. The average molecular weight is 237 g/mol. The first-order valence-electron chi connectivity index (χ1n) is 4.42. The number of aliphatic hydroxyl groups is 1. The monoisotopic (exact) mass is 236 g/mol. The van der Waals surface area contributed by atoms with Gasteiger partial charge < -0.3 is 9.84 Å². The molecule has 80 valence electrons. The second-order valence-electron chi connectivity index (χ2n) is 3.16. The van der Waals surface area contributed by atoms with Gasteiger partial charge in [0.05, 0.1) is 6.61 Å². The van der Waals surface area contributed by atoms with E-state index in [1.165, 1.54) is 6.08 Å². The lowest BCUT2D eigenvalue weighted by Crippen LogP contribution is -2.21. The molecule has 0 amide bonds. The Morgan fingerprint density at radius 2 is 2.36 bits per heavy atom. The van der Waals surface area contributed by atoms with Crippen molar-refractivity contribution in [3.05, 3.63) is 11.8 Å². The summed E-state index contributed by atoms with van der Waals surface area (Å²) in [7, 11) is 0. The highest BCUT2D eigenvalue weighted by Gasteiger charge is 2.37. The normalized spacial score (nSPS) is 26.5. The van der Waals surface area contributed by atoms with Gasteiger partial charge >= 0.3 is 0 Å². The molecule has 1 heterocycles. The molecule has 1 unspecified atom stereocenters. The molecule has 0 fully saturated rings. The van der Waals surface area contributed by atoms with Crippen LogP contribution in [0.5, 0.6) is 0 Å². The Morgan fingerprint density at radius 3 is 2.86 bits per heavy atom. The molecular weight excluding hydrogens is 224 g/mol. The summed E-state index contributed by atoms with van der Waals surface area (Å²) in [5.74, 6) is 0.953. The van der Waals surface area contributed by atoms with Gasteiger partial charge in [0, 0.05) is 12.0 Å². The number of carbonyl (C=O) groups is 1. The minimum Gasteiger partial charge on any atom is -0.494 e. The Balaban J connectivity index is 2.36. The summed E-state index contributed by atoms with van der Waals surface area (Å²) in [6.07, 6.45) is 3.04. The molecule has 3 nitrogen and oxygen atoms in total. The van der Waals surface area contributed by atoms with Gasteiger partial charge in [0.15, 0.2) is 4.93 Å². The van der Waals surface area contributed by atoms with Gasteiger partial charge in [0.2, 0.25) is 5.12 Å². The maximum absolute atomic E-state index is 11.0. The number of halogens is 1. The van der Waals surface area contributed by atoms with Crippen LogP contribution in [-0.4, -0.2) is 27.6 Å². The van der Waals surface area contributed by atoms with Crippen molar-refractivity contribution in [2.45, 2.75) is 24.7 Å². The van der Waals surface area contributed by atoms with Crippen molar-refractivity contribution in [1.29, 1.82) is 0 Å². The van der Waals surface area contributed by atoms with Gasteiger partial charge in [-0.05, 0) is 31.5 Å². The first-order chi connectivity index (χ1) is 6.56. The minimum absolute atomic E-state index is 0.164. The van der Waals surface area contributed by atoms with Gasteiger partial charge in [0.1, 0.15) is 5.76 Å². The van der Waals surface area contributed by atoms with E-state index < -0.39 is 4.93 Å². The fourth-order valence-corrected chi connectivity index (χ4v) is 2.04. The van der Waals surface area contributed by atoms with Crippen LogP contribution in [0.15, 0.2) is 11.8 Å². The lowest BCUT2D eigenvalue weighted by Gasteiger charge is -2.19. The first kappa shape index (κ1) is 11.9. The molecule has 0 aromatic rings. The van der Waals surface area contributed by atoms with Crippen LogP contribution in [0.4, 0.5) is 0 Å². The molecule has 0 aromatic carbocycles. The van der Waals surface area contributed by atoms with Crippen LogP contribution in [0.25, 0.3) is 0 Å². The molecule has 1 aliphatic heterocycles. The van der Waals surface area contributed by atoms with E-state index in [2.05, 4.69) is 0 Å². The lowest BCUT2D eigenvalue weighted by molar-refractivity contribution is -0.107. The number of alkyl halides is 1. The van der Waals surface area contributed by atoms with Crippen molar-refractivity contribution in [3.63, 3.8) is 0 Å². The molecule has 1 atom stereocenters. The Morgan fingerprint density at radius 1 is 1.64 bits per heavy atom. The summed E-state index contributed by atoms with van der Waals surface area (Å²) in [6, 6.07) is 0. The molecule has 0 saturated carbocycles. The molecule has 1 aliphatic rings. The van der Waals surface area contributed by atoms with Crippen LogP contribution in [-0.2, 0) is 9.53 Å². The predicted octanol–water partition coefficient (Wildman–Crippen LogP) is 1.89. The Kier molecular flexibility index (Phi) is 4.29. The van der Waals surface area contributed by atoms with Gasteiger partial charge in [-0.15, -0.1) is 11.6 Å². The van der Waals surface area contributed by atoms with E-state index in [0.717, 1.165) is 24.6 Å². The molecule has 0 saturated heterocycles. The number of unbranched alkanes of at least 4 members (excludes halogenated alkanes) is 1. The van der Waals surface area contributed by atoms with Crippen LogP contribution in [0, 0.1) is 0 Å². The van der Waals surface area contributed by atoms with Gasteiger partial charge in [-0.3, -0.25) is 4.79 Å². The zero-order valence-electron chi connectivity index (χ0n) is 7.96. The quantitative estimate of drug-likeness (QED) is 0.585. The minimum atomic E-state index is -1.20. The van der Waals surface area contributed by atoms with Gasteiger partial charge in [-0.2, -0.15) is 0 Å². The van der Waals surface area contributed by atoms with Crippen LogP contribution in [0.1, 0.15) is 19.8 Å². The molecule has 0 aromatic heterocycles. The van der Waals surface area contributed by atoms with Crippen molar-refractivity contribution >= 4 is 28.5 Å². The van der Waals surface area contributed by atoms with Crippen molar-refractivity contribution in [3.8, 4) is 0 Å². The van der Waals surface area contributed by atoms with E-state index in [1.807, 2.05) is 0 Å². The highest BCUT2D eigenvalue weighted by molar-refractivity contribution is 8.15. The summed E-state index contributed by atoms with van der Waals surface area (Å²) in [6.45, 7) is 2.04. The van der Waals surface area contributed by atoms with Gasteiger partial charge in [-0.25, -0.2) is 0 Å². The highest BCUT2D eigenvalue weighted by atomic mass is 35.5. The fraction of sp³-hybridized carbons (Fsp3) is 0.667. The third-order valence-electron chi connectivity index (χ3n) is 1.79. The molecule has 1 rings (SSSR count). The van der Waals surface area contributed by atoms with E-state index >= 15 is 0 Å². The lowest BCUT2D eigenvalue weighted by atomic mass is 10.3. The van der Waals surface area contributed by atoms with E-state index in [0.29, 0.717) is 18.2 Å². The first-order valence-corrected chi connectivity index (χ1v) is 5.77. The van der Waals surface area contributed by atoms with Gasteiger partial charge in [0.25, 0.3) is 0 Å². The van der Waals surface area contributed by atoms with Crippen molar-refractivity contribution in [2.24, 2.45) is 0 Å². The topological polar surface area (TPSA) is 46.5 Å².